The predicted octanol–water partition coefficient (Wildman–Crippen LogP) is 3.05. The smallest absolute Gasteiger partial charge is 0.273 e. The number of piperidine rings is 1. The largest absolute Gasteiger partial charge is 0.396 e. The first-order valence-corrected chi connectivity index (χ1v) is 12.7. The molecule has 3 N–H and O–H groups in total. The van der Waals surface area contributed by atoms with Crippen LogP contribution in [0.25, 0.3) is 0 Å². The number of aromatic nitrogens is 4. The zero-order valence-electron chi connectivity index (χ0n) is 20.1. The zero-order valence-corrected chi connectivity index (χ0v) is 20.9. The van der Waals surface area contributed by atoms with Crippen LogP contribution in [0, 0.1) is 23.2 Å². The molecular formula is C26H25ClN8O2. The van der Waals surface area contributed by atoms with E-state index in [-0.39, 0.29) is 41.4 Å². The minimum Gasteiger partial charge on any atom is -0.396 e. The van der Waals surface area contributed by atoms with Crippen molar-refractivity contribution in [3.8, 4) is 6.07 Å². The quantitative estimate of drug-likeness (QED) is 0.512. The molecule has 0 bridgehead atoms. The first kappa shape index (κ1) is 23.4. The van der Waals surface area contributed by atoms with Gasteiger partial charge in [-0.1, -0.05) is 16.8 Å². The monoisotopic (exact) mass is 516 g/mol. The molecule has 2 amide bonds. The third-order valence-electron chi connectivity index (χ3n) is 7.76. The molecule has 0 unspecified atom stereocenters. The number of pyridine rings is 1. The Kier molecular flexibility index (Phi) is 5.60. The second kappa shape index (κ2) is 8.85. The standard InChI is InChI=1S/C26H25ClN8O2/c1-13(16-7-22(29)24(30-10-16)34-11-17-6-21(17)26(34)37)35-12-23(32-33-35)25(36)31-19-4-15(5-19)20-8-18(27)3-2-14(20)9-28/h2-3,7-8,10,12-13,15,17,19,21H,4-6,11,29H2,1H3,(H,31,36)/t13-,15-,17+,19+,21+/m0/s1. The summed E-state index contributed by atoms with van der Waals surface area (Å²) in [6, 6.07) is 9.00. The van der Waals surface area contributed by atoms with E-state index >= 15 is 0 Å². The van der Waals surface area contributed by atoms with E-state index in [2.05, 4.69) is 26.7 Å². The molecule has 3 atom stereocenters. The zero-order chi connectivity index (χ0) is 25.8. The molecule has 11 heteroatoms. The predicted molar refractivity (Wildman–Crippen MR) is 136 cm³/mol. The summed E-state index contributed by atoms with van der Waals surface area (Å²) < 4.78 is 1.59. The van der Waals surface area contributed by atoms with Crippen LogP contribution in [0.3, 0.4) is 0 Å². The Labute approximate surface area is 218 Å². The topological polar surface area (TPSA) is 143 Å². The molecule has 10 nitrogen and oxygen atoms in total. The van der Waals surface area contributed by atoms with Crippen LogP contribution < -0.4 is 16.0 Å². The molecule has 2 aliphatic carbocycles. The summed E-state index contributed by atoms with van der Waals surface area (Å²) in [5, 5.41) is 21.1. The fraction of sp³-hybridized carbons (Fsp3) is 0.385. The van der Waals surface area contributed by atoms with Gasteiger partial charge in [-0.2, -0.15) is 5.26 Å². The molecule has 3 aromatic rings. The normalized spacial score (nSPS) is 24.7. The van der Waals surface area contributed by atoms with Gasteiger partial charge >= 0.3 is 0 Å². The van der Waals surface area contributed by atoms with Gasteiger partial charge in [-0.15, -0.1) is 5.10 Å². The Balaban J connectivity index is 1.08. The van der Waals surface area contributed by atoms with Crippen molar-refractivity contribution < 1.29 is 9.59 Å². The molecule has 1 saturated heterocycles. The van der Waals surface area contributed by atoms with Crippen molar-refractivity contribution in [3.63, 3.8) is 0 Å². The Morgan fingerprint density at radius 1 is 1.30 bits per heavy atom. The van der Waals surface area contributed by atoms with Gasteiger partial charge in [-0.25, -0.2) is 9.67 Å². The van der Waals surface area contributed by atoms with Crippen molar-refractivity contribution in [1.82, 2.24) is 25.3 Å². The highest BCUT2D eigenvalue weighted by atomic mass is 35.5. The Morgan fingerprint density at radius 2 is 2.11 bits per heavy atom. The van der Waals surface area contributed by atoms with Crippen LogP contribution in [-0.2, 0) is 4.79 Å². The molecule has 2 aromatic heterocycles. The summed E-state index contributed by atoms with van der Waals surface area (Å²) in [6.45, 7) is 2.59. The lowest BCUT2D eigenvalue weighted by Gasteiger charge is -2.36. The number of nitrogens with one attached hydrogen (secondary N) is 1. The summed E-state index contributed by atoms with van der Waals surface area (Å²) in [5.74, 6) is 1.06. The molecule has 3 heterocycles. The first-order chi connectivity index (χ1) is 17.8. The van der Waals surface area contributed by atoms with Crippen molar-refractivity contribution in [2.75, 3.05) is 17.2 Å². The van der Waals surface area contributed by atoms with Gasteiger partial charge in [-0.3, -0.25) is 14.5 Å². The number of carbonyl (C=O) groups excluding carboxylic acids is 2. The van der Waals surface area contributed by atoms with Crippen molar-refractivity contribution in [3.05, 3.63) is 64.1 Å². The van der Waals surface area contributed by atoms with E-state index in [0.29, 0.717) is 34.6 Å². The Hall–Kier alpha value is -3.97. The molecule has 0 radical (unpaired) electrons. The Morgan fingerprint density at radius 3 is 2.81 bits per heavy atom. The van der Waals surface area contributed by atoms with E-state index in [4.69, 9.17) is 17.3 Å². The molecule has 2 saturated carbocycles. The molecule has 1 aliphatic heterocycles. The van der Waals surface area contributed by atoms with Crippen molar-refractivity contribution in [2.24, 2.45) is 11.8 Å². The molecule has 3 fully saturated rings. The van der Waals surface area contributed by atoms with Crippen LogP contribution in [0.15, 0.2) is 36.7 Å². The maximum Gasteiger partial charge on any atom is 0.273 e. The molecule has 1 aromatic carbocycles. The summed E-state index contributed by atoms with van der Waals surface area (Å²) in [6.07, 6.45) is 5.71. The van der Waals surface area contributed by atoms with E-state index in [0.717, 1.165) is 30.4 Å². The molecule has 6 rings (SSSR count). The van der Waals surface area contributed by atoms with Gasteiger partial charge in [-0.05, 0) is 73.4 Å². The molecule has 3 aliphatic rings. The third-order valence-corrected chi connectivity index (χ3v) is 8.00. The highest BCUT2D eigenvalue weighted by molar-refractivity contribution is 6.30. The van der Waals surface area contributed by atoms with Crippen molar-refractivity contribution in [2.45, 2.75) is 44.2 Å². The minimum absolute atomic E-state index is 0.0125. The number of nitrogen functional groups attached to an aromatic ring is 1. The maximum absolute atomic E-state index is 12.8. The molecule has 188 valence electrons. The second-order valence-corrected chi connectivity index (χ2v) is 10.6. The van der Waals surface area contributed by atoms with Crippen LogP contribution in [0.2, 0.25) is 5.02 Å². The summed E-state index contributed by atoms with van der Waals surface area (Å²) in [5.41, 5.74) is 9.25. The van der Waals surface area contributed by atoms with E-state index in [9.17, 15) is 14.9 Å². The molecular weight excluding hydrogens is 492 g/mol. The number of nitrogens with two attached hydrogens (primary N) is 1. The fourth-order valence-electron chi connectivity index (χ4n) is 5.36. The van der Waals surface area contributed by atoms with Gasteiger partial charge < -0.3 is 11.1 Å². The number of nitriles is 1. The van der Waals surface area contributed by atoms with Gasteiger partial charge in [0.05, 0.1) is 29.6 Å². The van der Waals surface area contributed by atoms with Crippen LogP contribution >= 0.6 is 11.6 Å². The maximum atomic E-state index is 12.8. The number of carbonyl (C=O) groups is 2. The number of hydrogen-bond acceptors (Lipinski definition) is 7. The Bertz CT molecular complexity index is 1460. The van der Waals surface area contributed by atoms with Gasteiger partial charge in [0.1, 0.15) is 0 Å². The van der Waals surface area contributed by atoms with Gasteiger partial charge in [0, 0.05) is 29.7 Å². The van der Waals surface area contributed by atoms with Gasteiger partial charge in [0.2, 0.25) is 5.91 Å². The van der Waals surface area contributed by atoms with E-state index in [1.807, 2.05) is 13.0 Å². The highest BCUT2D eigenvalue weighted by Gasteiger charge is 2.53. The minimum atomic E-state index is -0.299. The number of nitrogens with zero attached hydrogens (tertiary/aromatic N) is 6. The van der Waals surface area contributed by atoms with E-state index in [1.165, 1.54) is 0 Å². The summed E-state index contributed by atoms with van der Waals surface area (Å²) in [4.78, 5) is 31.3. The van der Waals surface area contributed by atoms with Crippen LogP contribution in [0.4, 0.5) is 11.5 Å². The van der Waals surface area contributed by atoms with Gasteiger partial charge in [0.15, 0.2) is 11.5 Å². The van der Waals surface area contributed by atoms with Crippen LogP contribution in [0.5, 0.6) is 0 Å². The number of fused-ring (bicyclic) bond motifs is 1. The second-order valence-electron chi connectivity index (χ2n) is 10.2. The first-order valence-electron chi connectivity index (χ1n) is 12.3. The lowest BCUT2D eigenvalue weighted by atomic mass is 9.74. The number of benzene rings is 1. The fourth-order valence-corrected chi connectivity index (χ4v) is 5.54. The number of hydrogen-bond donors (Lipinski definition) is 2. The molecule has 0 spiro atoms. The van der Waals surface area contributed by atoms with E-state index in [1.54, 1.807) is 40.2 Å². The SMILES string of the molecule is C[C@@H](c1cnc(N2C[C@H]3C[C@H]3C2=O)c(N)c1)n1cc(C(=O)N[C@H]2C[C@@H](c3cc(Cl)ccc3C#N)C2)nn1. The van der Waals surface area contributed by atoms with E-state index < -0.39 is 0 Å². The van der Waals surface area contributed by atoms with Crippen LogP contribution in [-0.4, -0.2) is 44.4 Å². The summed E-state index contributed by atoms with van der Waals surface area (Å²) in [7, 11) is 0. The average molecular weight is 517 g/mol. The van der Waals surface area contributed by atoms with Gasteiger partial charge in [0.25, 0.3) is 5.91 Å². The number of rotatable bonds is 6. The number of anilines is 2. The summed E-state index contributed by atoms with van der Waals surface area (Å²) >= 11 is 6.11. The van der Waals surface area contributed by atoms with Crippen LogP contribution in [0.1, 0.15) is 65.3 Å². The number of amides is 2. The lowest BCUT2D eigenvalue weighted by molar-refractivity contribution is -0.118. The van der Waals surface area contributed by atoms with Crippen molar-refractivity contribution >= 4 is 34.9 Å². The van der Waals surface area contributed by atoms with Crippen molar-refractivity contribution in [1.29, 1.82) is 5.26 Å². The molecule has 37 heavy (non-hydrogen) atoms. The number of halogens is 1. The third kappa shape index (κ3) is 4.19. The lowest BCUT2D eigenvalue weighted by Crippen LogP contribution is -2.43. The average Bonchev–Trinajstić information content (AvgIpc) is 3.32. The highest BCUT2D eigenvalue weighted by Crippen LogP contribution is 2.48.